The number of hydrogen-bond acceptors (Lipinski definition) is 2. The molecule has 2 aliphatic carbocycles. The number of para-hydroxylation sites is 1. The minimum atomic E-state index is 1.09. The van der Waals surface area contributed by atoms with E-state index in [-0.39, 0.29) is 0 Å². The Morgan fingerprint density at radius 2 is 0.484 bits per heavy atom. The van der Waals surface area contributed by atoms with Crippen LogP contribution in [0.4, 0.5) is 34.1 Å². The first-order valence-electron chi connectivity index (χ1n) is 21.8. The lowest BCUT2D eigenvalue weighted by Gasteiger charge is -2.26. The average molecular weight is 797 g/mol. The average Bonchev–Trinajstić information content (AvgIpc) is 3.36. The molecule has 62 heavy (non-hydrogen) atoms. The van der Waals surface area contributed by atoms with Crippen LogP contribution in [-0.2, 0) is 0 Å². The molecule has 0 spiro atoms. The van der Waals surface area contributed by atoms with Crippen LogP contribution in [0.1, 0.15) is 36.8 Å². The Bertz CT molecular complexity index is 2870. The van der Waals surface area contributed by atoms with Gasteiger partial charge in [0.05, 0.1) is 0 Å². The molecule has 2 aliphatic rings. The van der Waals surface area contributed by atoms with Gasteiger partial charge in [-0.25, -0.2) is 0 Å². The van der Waals surface area contributed by atoms with E-state index in [2.05, 4.69) is 253 Å². The first-order chi connectivity index (χ1) is 30.7. The zero-order valence-corrected chi connectivity index (χ0v) is 34.8. The van der Waals surface area contributed by atoms with E-state index in [1.807, 2.05) is 0 Å². The lowest BCUT2D eigenvalue weighted by atomic mass is 9.97. The third-order valence-electron chi connectivity index (χ3n) is 12.0. The Labute approximate surface area is 366 Å². The van der Waals surface area contributed by atoms with Crippen molar-refractivity contribution in [3.63, 3.8) is 0 Å². The largest absolute Gasteiger partial charge is 0.311 e. The molecule has 0 unspecified atom stereocenters. The van der Waals surface area contributed by atoms with Gasteiger partial charge in [-0.05, 0) is 154 Å². The third-order valence-corrected chi connectivity index (χ3v) is 12.0. The number of hydrogen-bond donors (Lipinski definition) is 0. The summed E-state index contributed by atoms with van der Waals surface area (Å²) >= 11 is 0. The third kappa shape index (κ3) is 8.37. The predicted molar refractivity (Wildman–Crippen MR) is 265 cm³/mol. The first kappa shape index (κ1) is 38.5. The van der Waals surface area contributed by atoms with Gasteiger partial charge in [0.1, 0.15) is 0 Å². The summed E-state index contributed by atoms with van der Waals surface area (Å²) in [7, 11) is 0. The standard InChI is InChI=1S/C60H48N2/c1-5-13-45(14-6-1)48-21-23-49(24-22-48)52-29-39-56(40-30-52)61(55-19-11-4-12-20-55)57-41-31-53(32-42-57)54-33-43-60(44-34-54)62(58-35-25-50(26-36-58)46-15-7-2-8-16-46)59-37-27-51(28-38-59)47-17-9-3-10-18-47/h2,4-5,7-9,11-44H,1,3,6,10H2. The van der Waals surface area contributed by atoms with Crippen LogP contribution in [0.15, 0.2) is 243 Å². The molecule has 2 nitrogen and oxygen atoms in total. The Balaban J connectivity index is 0.917. The second kappa shape index (κ2) is 17.9. The maximum atomic E-state index is 2.35. The monoisotopic (exact) mass is 796 g/mol. The van der Waals surface area contributed by atoms with E-state index < -0.39 is 0 Å². The molecule has 0 aliphatic heterocycles. The topological polar surface area (TPSA) is 6.48 Å². The quantitative estimate of drug-likeness (QED) is 0.129. The fourth-order valence-electron chi connectivity index (χ4n) is 8.63. The highest BCUT2D eigenvalue weighted by Gasteiger charge is 2.16. The fourth-order valence-corrected chi connectivity index (χ4v) is 8.63. The molecule has 0 N–H and O–H groups in total. The summed E-state index contributed by atoms with van der Waals surface area (Å²) in [5.41, 5.74) is 19.0. The maximum Gasteiger partial charge on any atom is 0.0462 e. The highest BCUT2D eigenvalue weighted by atomic mass is 15.1. The molecule has 8 aromatic carbocycles. The molecule has 0 saturated carbocycles. The first-order valence-corrected chi connectivity index (χ1v) is 21.8. The molecule has 10 rings (SSSR count). The van der Waals surface area contributed by atoms with Crippen molar-refractivity contribution in [2.75, 3.05) is 9.80 Å². The molecule has 0 bridgehead atoms. The molecular formula is C60H48N2. The molecule has 0 atom stereocenters. The predicted octanol–water partition coefficient (Wildman–Crippen LogP) is 17.1. The summed E-state index contributed by atoms with van der Waals surface area (Å²) in [5, 5.41) is 0. The van der Waals surface area contributed by atoms with Crippen molar-refractivity contribution < 1.29 is 0 Å². The molecule has 0 saturated heterocycles. The second-order valence-electron chi connectivity index (χ2n) is 16.0. The molecular weight excluding hydrogens is 749 g/mol. The van der Waals surface area contributed by atoms with Crippen molar-refractivity contribution in [2.24, 2.45) is 0 Å². The fraction of sp³-hybridized carbons (Fsp3) is 0.0667. The van der Waals surface area contributed by atoms with Crippen molar-refractivity contribution in [3.8, 4) is 33.4 Å². The van der Waals surface area contributed by atoms with E-state index in [0.29, 0.717) is 0 Å². The number of anilines is 6. The Kier molecular flexibility index (Phi) is 11.1. The van der Waals surface area contributed by atoms with Crippen LogP contribution in [0.3, 0.4) is 0 Å². The summed E-state index contributed by atoms with van der Waals surface area (Å²) in [6.45, 7) is 0. The van der Waals surface area contributed by atoms with E-state index in [4.69, 9.17) is 0 Å². The van der Waals surface area contributed by atoms with E-state index in [0.717, 1.165) is 59.8 Å². The second-order valence-corrected chi connectivity index (χ2v) is 16.0. The summed E-state index contributed by atoms with van der Waals surface area (Å²) < 4.78 is 0. The van der Waals surface area contributed by atoms with Crippen LogP contribution in [0, 0.1) is 0 Å². The van der Waals surface area contributed by atoms with Gasteiger partial charge in [-0.15, -0.1) is 0 Å². The molecule has 0 amide bonds. The molecule has 2 heteroatoms. The van der Waals surface area contributed by atoms with Gasteiger partial charge in [0.15, 0.2) is 0 Å². The molecule has 0 aromatic heterocycles. The Morgan fingerprint density at radius 3 is 0.806 bits per heavy atom. The highest BCUT2D eigenvalue weighted by molar-refractivity contribution is 5.84. The van der Waals surface area contributed by atoms with Crippen molar-refractivity contribution >= 4 is 45.3 Å². The summed E-state index contributed by atoms with van der Waals surface area (Å²) in [6, 6.07) is 74.9. The van der Waals surface area contributed by atoms with Gasteiger partial charge in [0, 0.05) is 34.1 Å². The molecule has 0 radical (unpaired) electrons. The van der Waals surface area contributed by atoms with Crippen LogP contribution in [0.25, 0.3) is 44.5 Å². The summed E-state index contributed by atoms with van der Waals surface area (Å²) in [6.07, 6.45) is 18.1. The molecule has 8 aromatic rings. The zero-order valence-electron chi connectivity index (χ0n) is 34.8. The summed E-state index contributed by atoms with van der Waals surface area (Å²) in [5.74, 6) is 0. The van der Waals surface area contributed by atoms with Crippen molar-refractivity contribution in [2.45, 2.75) is 25.7 Å². The van der Waals surface area contributed by atoms with Crippen LogP contribution in [0.2, 0.25) is 0 Å². The lowest BCUT2D eigenvalue weighted by Crippen LogP contribution is -2.10. The van der Waals surface area contributed by atoms with E-state index in [9.17, 15) is 0 Å². The minimum absolute atomic E-state index is 1.09. The molecule has 0 heterocycles. The molecule has 0 fully saturated rings. The lowest BCUT2D eigenvalue weighted by molar-refractivity contribution is 1.04. The van der Waals surface area contributed by atoms with Crippen molar-refractivity contribution in [1.82, 2.24) is 0 Å². The van der Waals surface area contributed by atoms with E-state index in [1.165, 1.54) is 55.7 Å². The summed E-state index contributed by atoms with van der Waals surface area (Å²) in [4.78, 5) is 4.68. The van der Waals surface area contributed by atoms with Crippen LogP contribution < -0.4 is 9.80 Å². The Morgan fingerprint density at radius 1 is 0.226 bits per heavy atom. The number of benzene rings is 8. The van der Waals surface area contributed by atoms with E-state index >= 15 is 0 Å². The van der Waals surface area contributed by atoms with Crippen LogP contribution in [0.5, 0.6) is 0 Å². The Hall–Kier alpha value is -7.68. The van der Waals surface area contributed by atoms with Gasteiger partial charge in [-0.3, -0.25) is 0 Å². The highest BCUT2D eigenvalue weighted by Crippen LogP contribution is 2.40. The zero-order chi connectivity index (χ0) is 41.5. The van der Waals surface area contributed by atoms with Crippen molar-refractivity contribution in [1.29, 1.82) is 0 Å². The number of nitrogens with zero attached hydrogens (tertiary/aromatic N) is 2. The van der Waals surface area contributed by atoms with Gasteiger partial charge in [-0.1, -0.05) is 170 Å². The smallest absolute Gasteiger partial charge is 0.0462 e. The number of allylic oxidation sites excluding steroid dienone is 8. The van der Waals surface area contributed by atoms with Crippen LogP contribution in [-0.4, -0.2) is 0 Å². The van der Waals surface area contributed by atoms with Gasteiger partial charge < -0.3 is 9.80 Å². The van der Waals surface area contributed by atoms with Gasteiger partial charge in [-0.2, -0.15) is 0 Å². The number of rotatable bonds is 11. The maximum absolute atomic E-state index is 2.35. The van der Waals surface area contributed by atoms with E-state index in [1.54, 1.807) is 0 Å². The minimum Gasteiger partial charge on any atom is -0.311 e. The normalized spacial score (nSPS) is 13.3. The SMILES string of the molecule is C1=CC(c2ccc(-c3ccc(N(c4ccccc4)c4ccc(-c5ccc(N(c6ccc(C7=CCCC=C7)cc6)c6ccc(-c7ccccc7)cc6)cc5)cc4)cc3)cc2)=CCC1. The molecule has 298 valence electrons. The van der Waals surface area contributed by atoms with Gasteiger partial charge in [0.25, 0.3) is 0 Å². The van der Waals surface area contributed by atoms with Crippen LogP contribution >= 0.6 is 0 Å². The van der Waals surface area contributed by atoms with Crippen molar-refractivity contribution in [3.05, 3.63) is 254 Å². The van der Waals surface area contributed by atoms with Gasteiger partial charge in [0.2, 0.25) is 0 Å². The van der Waals surface area contributed by atoms with Gasteiger partial charge >= 0.3 is 0 Å².